The van der Waals surface area contributed by atoms with Gasteiger partial charge in [-0.1, -0.05) is 12.1 Å². The lowest BCUT2D eigenvalue weighted by Crippen LogP contribution is -2.40. The van der Waals surface area contributed by atoms with Crippen LogP contribution in [0.2, 0.25) is 0 Å². The fraction of sp³-hybridized carbons (Fsp3) is 0.385. The van der Waals surface area contributed by atoms with Gasteiger partial charge in [0.15, 0.2) is 5.78 Å². The van der Waals surface area contributed by atoms with Gasteiger partial charge in [0, 0.05) is 24.3 Å². The van der Waals surface area contributed by atoms with Gasteiger partial charge in [0.2, 0.25) is 5.92 Å². The number of carbonyl (C=O) groups excluding carboxylic acids is 2. The first-order valence-corrected chi connectivity index (χ1v) is 5.53. The number of esters is 1. The standard InChI is InChI=1S/C13H12F2O3/c1-18-12(17)9-4-2-3-8(5-9)11(16)10-6-13(14,15)7-10/h2-5,10H,6-7H2,1H3. The van der Waals surface area contributed by atoms with Gasteiger partial charge in [0.1, 0.15) is 0 Å². The number of carbonyl (C=O) groups is 2. The van der Waals surface area contributed by atoms with Crippen LogP contribution in [0.3, 0.4) is 0 Å². The third-order valence-electron chi connectivity index (χ3n) is 3.03. The van der Waals surface area contributed by atoms with Gasteiger partial charge in [-0.25, -0.2) is 13.6 Å². The molecular weight excluding hydrogens is 242 g/mol. The van der Waals surface area contributed by atoms with Crippen molar-refractivity contribution in [3.8, 4) is 0 Å². The molecule has 0 unspecified atom stereocenters. The number of ketones is 1. The molecule has 1 aliphatic carbocycles. The molecule has 0 heterocycles. The molecule has 96 valence electrons. The molecule has 1 fully saturated rings. The normalized spacial score (nSPS) is 17.9. The van der Waals surface area contributed by atoms with Crippen molar-refractivity contribution < 1.29 is 23.1 Å². The van der Waals surface area contributed by atoms with E-state index in [9.17, 15) is 18.4 Å². The molecule has 0 atom stereocenters. The van der Waals surface area contributed by atoms with E-state index in [-0.39, 0.29) is 16.9 Å². The number of alkyl halides is 2. The molecule has 1 aliphatic rings. The fourth-order valence-electron chi connectivity index (χ4n) is 2.00. The van der Waals surface area contributed by atoms with Crippen LogP contribution in [0.25, 0.3) is 0 Å². The maximum atomic E-state index is 12.7. The van der Waals surface area contributed by atoms with Gasteiger partial charge >= 0.3 is 5.97 Å². The minimum atomic E-state index is -2.72. The molecule has 0 bridgehead atoms. The molecule has 0 spiro atoms. The molecule has 0 amide bonds. The Morgan fingerprint density at radius 2 is 1.89 bits per heavy atom. The summed E-state index contributed by atoms with van der Waals surface area (Å²) < 4.78 is 29.9. The Morgan fingerprint density at radius 1 is 1.28 bits per heavy atom. The average molecular weight is 254 g/mol. The van der Waals surface area contributed by atoms with E-state index < -0.39 is 30.7 Å². The highest BCUT2D eigenvalue weighted by Crippen LogP contribution is 2.43. The van der Waals surface area contributed by atoms with Crippen LogP contribution in [0, 0.1) is 5.92 Å². The first-order valence-electron chi connectivity index (χ1n) is 5.53. The molecule has 0 saturated heterocycles. The summed E-state index contributed by atoms with van der Waals surface area (Å²) in [7, 11) is 1.24. The highest BCUT2D eigenvalue weighted by molar-refractivity contribution is 6.01. The average Bonchev–Trinajstić information content (AvgIpc) is 2.34. The third-order valence-corrected chi connectivity index (χ3v) is 3.03. The van der Waals surface area contributed by atoms with Crippen molar-refractivity contribution in [2.75, 3.05) is 7.11 Å². The zero-order valence-corrected chi connectivity index (χ0v) is 9.78. The smallest absolute Gasteiger partial charge is 0.337 e. The monoisotopic (exact) mass is 254 g/mol. The summed E-state index contributed by atoms with van der Waals surface area (Å²) in [6.45, 7) is 0. The lowest BCUT2D eigenvalue weighted by Gasteiger charge is -2.33. The molecule has 3 nitrogen and oxygen atoms in total. The van der Waals surface area contributed by atoms with E-state index in [0.717, 1.165) is 0 Å². The Balaban J connectivity index is 2.14. The van der Waals surface area contributed by atoms with E-state index in [4.69, 9.17) is 0 Å². The maximum absolute atomic E-state index is 12.7. The number of methoxy groups -OCH3 is 1. The molecule has 18 heavy (non-hydrogen) atoms. The van der Waals surface area contributed by atoms with Gasteiger partial charge in [-0.2, -0.15) is 0 Å². The number of hydrogen-bond acceptors (Lipinski definition) is 3. The zero-order chi connectivity index (χ0) is 13.3. The largest absolute Gasteiger partial charge is 0.465 e. The summed E-state index contributed by atoms with van der Waals surface area (Å²) in [6.07, 6.45) is -0.817. The molecule has 0 radical (unpaired) electrons. The van der Waals surface area contributed by atoms with Gasteiger partial charge in [0.05, 0.1) is 12.7 Å². The van der Waals surface area contributed by atoms with Crippen LogP contribution >= 0.6 is 0 Å². The number of rotatable bonds is 3. The first-order chi connectivity index (χ1) is 8.43. The molecule has 1 saturated carbocycles. The van der Waals surface area contributed by atoms with E-state index in [1.807, 2.05) is 0 Å². The maximum Gasteiger partial charge on any atom is 0.337 e. The second-order valence-electron chi connectivity index (χ2n) is 4.40. The van der Waals surface area contributed by atoms with Gasteiger partial charge in [-0.05, 0) is 12.1 Å². The molecule has 1 aromatic carbocycles. The van der Waals surface area contributed by atoms with Crippen LogP contribution in [-0.4, -0.2) is 24.8 Å². The summed E-state index contributed by atoms with van der Waals surface area (Å²) in [5.41, 5.74) is 0.521. The van der Waals surface area contributed by atoms with E-state index >= 15 is 0 Å². The summed E-state index contributed by atoms with van der Waals surface area (Å²) >= 11 is 0. The number of Topliss-reactive ketones (excluding diaryl/α,β-unsaturated/α-hetero) is 1. The van der Waals surface area contributed by atoms with Crippen LogP contribution in [0.5, 0.6) is 0 Å². The van der Waals surface area contributed by atoms with E-state index in [1.54, 1.807) is 0 Å². The number of benzene rings is 1. The van der Waals surface area contributed by atoms with Gasteiger partial charge < -0.3 is 4.74 Å². The van der Waals surface area contributed by atoms with Gasteiger partial charge in [-0.3, -0.25) is 4.79 Å². The highest BCUT2D eigenvalue weighted by Gasteiger charge is 2.48. The second kappa shape index (κ2) is 4.48. The predicted molar refractivity (Wildman–Crippen MR) is 59.8 cm³/mol. The molecule has 0 aromatic heterocycles. The lowest BCUT2D eigenvalue weighted by molar-refractivity contribution is -0.0982. The van der Waals surface area contributed by atoms with Crippen molar-refractivity contribution in [3.05, 3.63) is 35.4 Å². The molecule has 5 heteroatoms. The van der Waals surface area contributed by atoms with Crippen LogP contribution in [-0.2, 0) is 4.74 Å². The number of hydrogen-bond donors (Lipinski definition) is 0. The van der Waals surface area contributed by atoms with Crippen molar-refractivity contribution in [1.82, 2.24) is 0 Å². The quantitative estimate of drug-likeness (QED) is 0.615. The van der Waals surface area contributed by atoms with Crippen LogP contribution < -0.4 is 0 Å². The number of halogens is 2. The minimum Gasteiger partial charge on any atom is -0.465 e. The SMILES string of the molecule is COC(=O)c1cccc(C(=O)C2CC(F)(F)C2)c1. The Bertz CT molecular complexity index is 489. The second-order valence-corrected chi connectivity index (χ2v) is 4.40. The topological polar surface area (TPSA) is 43.4 Å². The predicted octanol–water partition coefficient (Wildman–Crippen LogP) is 2.70. The Hall–Kier alpha value is -1.78. The highest BCUT2D eigenvalue weighted by atomic mass is 19.3. The molecule has 2 rings (SSSR count). The molecule has 0 N–H and O–H groups in total. The molecular formula is C13H12F2O3. The number of ether oxygens (including phenoxy) is 1. The van der Waals surface area contributed by atoms with Crippen molar-refractivity contribution in [2.45, 2.75) is 18.8 Å². The summed E-state index contributed by atoms with van der Waals surface area (Å²) in [5.74, 6) is -4.26. The zero-order valence-electron chi connectivity index (χ0n) is 9.78. The molecule has 1 aromatic rings. The molecule has 0 aliphatic heterocycles. The summed E-state index contributed by atoms with van der Waals surface area (Å²) in [6, 6.07) is 5.95. The Morgan fingerprint density at radius 3 is 2.44 bits per heavy atom. The van der Waals surface area contributed by atoms with Crippen LogP contribution in [0.15, 0.2) is 24.3 Å². The van der Waals surface area contributed by atoms with Gasteiger partial charge in [0.25, 0.3) is 0 Å². The van der Waals surface area contributed by atoms with Crippen molar-refractivity contribution >= 4 is 11.8 Å². The Kier molecular flexibility index (Phi) is 3.15. The van der Waals surface area contributed by atoms with Crippen molar-refractivity contribution in [3.63, 3.8) is 0 Å². The van der Waals surface area contributed by atoms with Crippen LogP contribution in [0.1, 0.15) is 33.6 Å². The van der Waals surface area contributed by atoms with Crippen molar-refractivity contribution in [1.29, 1.82) is 0 Å². The Labute approximate surface area is 103 Å². The van der Waals surface area contributed by atoms with Crippen molar-refractivity contribution in [2.24, 2.45) is 5.92 Å². The van der Waals surface area contributed by atoms with E-state index in [1.165, 1.54) is 31.4 Å². The van der Waals surface area contributed by atoms with Crippen LogP contribution in [0.4, 0.5) is 8.78 Å². The van der Waals surface area contributed by atoms with E-state index in [0.29, 0.717) is 0 Å². The fourth-order valence-corrected chi connectivity index (χ4v) is 2.00. The van der Waals surface area contributed by atoms with E-state index in [2.05, 4.69) is 4.74 Å². The lowest BCUT2D eigenvalue weighted by atomic mass is 9.76. The summed E-state index contributed by atoms with van der Waals surface area (Å²) in [5, 5.41) is 0. The van der Waals surface area contributed by atoms with Gasteiger partial charge in [-0.15, -0.1) is 0 Å². The third kappa shape index (κ3) is 2.39. The first kappa shape index (κ1) is 12.7. The minimum absolute atomic E-state index is 0.245. The summed E-state index contributed by atoms with van der Waals surface area (Å²) in [4.78, 5) is 23.2.